The summed E-state index contributed by atoms with van der Waals surface area (Å²) in [5.41, 5.74) is 2.55. The number of alkyl halides is 3. The van der Waals surface area contributed by atoms with Crippen molar-refractivity contribution < 1.29 is 13.2 Å². The number of nitrogens with one attached hydrogen (secondary N) is 1. The number of hydrogen-bond donors (Lipinski definition) is 1. The zero-order valence-electron chi connectivity index (χ0n) is 15.9. The number of rotatable bonds is 5. The standard InChI is InChI=1S/C21H21F3N4/c1-4-15-8-10-16(11-9-15)26-19-18(21(22,23)24)13-25-20(27-19)28(3)17-7-5-6-14(2)12-17/h5-13H,4H2,1-3H3,(H,25,26,27). The van der Waals surface area contributed by atoms with Gasteiger partial charge < -0.3 is 10.2 Å². The van der Waals surface area contributed by atoms with E-state index in [1.807, 2.05) is 50.2 Å². The van der Waals surface area contributed by atoms with E-state index in [4.69, 9.17) is 0 Å². The highest BCUT2D eigenvalue weighted by Gasteiger charge is 2.35. The van der Waals surface area contributed by atoms with Crippen LogP contribution in [0, 0.1) is 6.92 Å². The number of nitrogens with zero attached hydrogens (tertiary/aromatic N) is 3. The minimum absolute atomic E-state index is 0.172. The van der Waals surface area contributed by atoms with Crippen molar-refractivity contribution in [2.75, 3.05) is 17.3 Å². The Morgan fingerprint density at radius 3 is 2.39 bits per heavy atom. The van der Waals surface area contributed by atoms with Crippen LogP contribution in [0.15, 0.2) is 54.7 Å². The Morgan fingerprint density at radius 1 is 1.07 bits per heavy atom. The highest BCUT2D eigenvalue weighted by Crippen LogP contribution is 2.36. The number of aromatic nitrogens is 2. The van der Waals surface area contributed by atoms with Crippen LogP contribution in [0.3, 0.4) is 0 Å². The van der Waals surface area contributed by atoms with Crippen LogP contribution in [-0.2, 0) is 12.6 Å². The SMILES string of the molecule is CCc1ccc(Nc2nc(N(C)c3cccc(C)c3)ncc2C(F)(F)F)cc1. The Labute approximate surface area is 162 Å². The maximum Gasteiger partial charge on any atom is 0.421 e. The minimum Gasteiger partial charge on any atom is -0.340 e. The van der Waals surface area contributed by atoms with Crippen molar-refractivity contribution in [3.05, 3.63) is 71.4 Å². The molecular formula is C21H21F3N4. The van der Waals surface area contributed by atoms with Gasteiger partial charge in [-0.3, -0.25) is 0 Å². The van der Waals surface area contributed by atoms with Gasteiger partial charge in [0, 0.05) is 24.6 Å². The number of anilines is 4. The largest absolute Gasteiger partial charge is 0.421 e. The lowest BCUT2D eigenvalue weighted by Gasteiger charge is -2.20. The maximum absolute atomic E-state index is 13.4. The molecule has 0 atom stereocenters. The zero-order valence-corrected chi connectivity index (χ0v) is 15.9. The molecule has 0 fully saturated rings. The molecule has 0 saturated heterocycles. The van der Waals surface area contributed by atoms with Gasteiger partial charge in [-0.15, -0.1) is 0 Å². The molecule has 0 amide bonds. The molecule has 4 nitrogen and oxygen atoms in total. The maximum atomic E-state index is 13.4. The Balaban J connectivity index is 1.99. The lowest BCUT2D eigenvalue weighted by molar-refractivity contribution is -0.137. The highest BCUT2D eigenvalue weighted by molar-refractivity contribution is 5.64. The molecule has 0 radical (unpaired) electrons. The molecule has 0 aliphatic rings. The first-order valence-corrected chi connectivity index (χ1v) is 8.88. The van der Waals surface area contributed by atoms with E-state index in [0.29, 0.717) is 5.69 Å². The Bertz CT molecular complexity index is 953. The van der Waals surface area contributed by atoms with Gasteiger partial charge in [-0.1, -0.05) is 31.2 Å². The first kappa shape index (κ1) is 19.7. The van der Waals surface area contributed by atoms with Crippen molar-refractivity contribution in [2.45, 2.75) is 26.4 Å². The van der Waals surface area contributed by atoms with E-state index < -0.39 is 11.7 Å². The Hall–Kier alpha value is -3.09. The summed E-state index contributed by atoms with van der Waals surface area (Å²) in [6, 6.07) is 14.8. The Kier molecular flexibility index (Phi) is 5.53. The second kappa shape index (κ2) is 7.88. The third-order valence-corrected chi connectivity index (χ3v) is 4.40. The summed E-state index contributed by atoms with van der Waals surface area (Å²) in [5.74, 6) is -0.104. The molecule has 2 aromatic carbocycles. The number of hydrogen-bond acceptors (Lipinski definition) is 4. The fraction of sp³-hybridized carbons (Fsp3) is 0.238. The van der Waals surface area contributed by atoms with E-state index >= 15 is 0 Å². The average Bonchev–Trinajstić information content (AvgIpc) is 2.67. The zero-order chi connectivity index (χ0) is 20.3. The van der Waals surface area contributed by atoms with Gasteiger partial charge in [0.05, 0.1) is 0 Å². The van der Waals surface area contributed by atoms with E-state index in [9.17, 15) is 13.2 Å². The number of aryl methyl sites for hydroxylation is 2. The first-order chi connectivity index (χ1) is 13.3. The van der Waals surface area contributed by atoms with Crippen molar-refractivity contribution in [1.29, 1.82) is 0 Å². The van der Waals surface area contributed by atoms with Gasteiger partial charge in [0.2, 0.25) is 5.95 Å². The van der Waals surface area contributed by atoms with Crippen molar-refractivity contribution in [3.8, 4) is 0 Å². The lowest BCUT2D eigenvalue weighted by Crippen LogP contribution is -2.17. The predicted molar refractivity (Wildman–Crippen MR) is 105 cm³/mol. The molecule has 0 saturated carbocycles. The van der Waals surface area contributed by atoms with Gasteiger partial charge in [-0.2, -0.15) is 18.2 Å². The lowest BCUT2D eigenvalue weighted by atomic mass is 10.1. The minimum atomic E-state index is -4.56. The van der Waals surface area contributed by atoms with Crippen LogP contribution in [0.1, 0.15) is 23.6 Å². The summed E-state index contributed by atoms with van der Waals surface area (Å²) in [7, 11) is 1.72. The molecule has 0 spiro atoms. The highest BCUT2D eigenvalue weighted by atomic mass is 19.4. The topological polar surface area (TPSA) is 41.1 Å². The summed E-state index contributed by atoms with van der Waals surface area (Å²) >= 11 is 0. The van der Waals surface area contributed by atoms with Gasteiger partial charge >= 0.3 is 6.18 Å². The fourth-order valence-corrected chi connectivity index (χ4v) is 2.75. The van der Waals surface area contributed by atoms with Gasteiger partial charge in [0.25, 0.3) is 0 Å². The van der Waals surface area contributed by atoms with Gasteiger partial charge in [0.1, 0.15) is 11.4 Å². The summed E-state index contributed by atoms with van der Waals surface area (Å²) in [5, 5.41) is 2.79. The van der Waals surface area contributed by atoms with Crippen molar-refractivity contribution >= 4 is 23.1 Å². The predicted octanol–water partition coefficient (Wildman–Crippen LogP) is 5.88. The molecule has 3 rings (SSSR count). The quantitative estimate of drug-likeness (QED) is 0.595. The molecule has 0 aliphatic carbocycles. The second-order valence-electron chi connectivity index (χ2n) is 6.50. The molecule has 0 bridgehead atoms. The molecular weight excluding hydrogens is 365 g/mol. The average molecular weight is 386 g/mol. The van der Waals surface area contributed by atoms with E-state index in [1.165, 1.54) is 0 Å². The first-order valence-electron chi connectivity index (χ1n) is 8.88. The second-order valence-corrected chi connectivity index (χ2v) is 6.50. The Morgan fingerprint density at radius 2 is 1.79 bits per heavy atom. The third kappa shape index (κ3) is 4.42. The molecule has 0 unspecified atom stereocenters. The van der Waals surface area contributed by atoms with Crippen LogP contribution in [0.5, 0.6) is 0 Å². The molecule has 1 aromatic heterocycles. The van der Waals surface area contributed by atoms with Gasteiger partial charge in [0.15, 0.2) is 0 Å². The summed E-state index contributed by atoms with van der Waals surface area (Å²) in [6.45, 7) is 3.96. The molecule has 3 aromatic rings. The molecule has 28 heavy (non-hydrogen) atoms. The summed E-state index contributed by atoms with van der Waals surface area (Å²) in [6.07, 6.45) is -2.89. The molecule has 1 heterocycles. The van der Waals surface area contributed by atoms with E-state index in [2.05, 4.69) is 15.3 Å². The van der Waals surface area contributed by atoms with Crippen LogP contribution >= 0.6 is 0 Å². The van der Waals surface area contributed by atoms with Crippen LogP contribution in [0.2, 0.25) is 0 Å². The third-order valence-electron chi connectivity index (χ3n) is 4.40. The van der Waals surface area contributed by atoms with Crippen LogP contribution in [0.25, 0.3) is 0 Å². The van der Waals surface area contributed by atoms with Crippen molar-refractivity contribution in [2.24, 2.45) is 0 Å². The molecule has 1 N–H and O–H groups in total. The van der Waals surface area contributed by atoms with Gasteiger partial charge in [-0.25, -0.2) is 4.98 Å². The van der Waals surface area contributed by atoms with Crippen molar-refractivity contribution in [3.63, 3.8) is 0 Å². The molecule has 146 valence electrons. The van der Waals surface area contributed by atoms with E-state index in [-0.39, 0.29) is 11.8 Å². The van der Waals surface area contributed by atoms with Crippen LogP contribution in [-0.4, -0.2) is 17.0 Å². The van der Waals surface area contributed by atoms with Gasteiger partial charge in [-0.05, 0) is 48.7 Å². The summed E-state index contributed by atoms with van der Waals surface area (Å²) < 4.78 is 40.3. The molecule has 7 heteroatoms. The van der Waals surface area contributed by atoms with E-state index in [0.717, 1.165) is 29.4 Å². The van der Waals surface area contributed by atoms with Crippen molar-refractivity contribution in [1.82, 2.24) is 9.97 Å². The summed E-state index contributed by atoms with van der Waals surface area (Å²) in [4.78, 5) is 9.75. The fourth-order valence-electron chi connectivity index (χ4n) is 2.75. The number of halogens is 3. The van der Waals surface area contributed by atoms with E-state index in [1.54, 1.807) is 24.1 Å². The molecule has 0 aliphatic heterocycles. The number of benzene rings is 2. The van der Waals surface area contributed by atoms with Crippen LogP contribution in [0.4, 0.5) is 36.3 Å². The smallest absolute Gasteiger partial charge is 0.340 e. The monoisotopic (exact) mass is 386 g/mol. The normalized spacial score (nSPS) is 11.4. The van der Waals surface area contributed by atoms with Crippen LogP contribution < -0.4 is 10.2 Å².